The maximum Gasteiger partial charge on any atom is 0.322 e. The Kier molecular flexibility index (Phi) is 3.87. The lowest BCUT2D eigenvalue weighted by Gasteiger charge is -2.29. The molecule has 0 aliphatic carbocycles. The molecule has 0 aromatic heterocycles. The molecule has 0 amide bonds. The lowest BCUT2D eigenvalue weighted by Crippen LogP contribution is -2.43. The van der Waals surface area contributed by atoms with Crippen molar-refractivity contribution in [2.75, 3.05) is 6.61 Å². The Morgan fingerprint density at radius 1 is 1.75 bits per heavy atom. The summed E-state index contributed by atoms with van der Waals surface area (Å²) in [7, 11) is 0. The van der Waals surface area contributed by atoms with E-state index in [0.717, 1.165) is 0 Å². The third-order valence-electron chi connectivity index (χ3n) is 3.19. The third-order valence-corrected chi connectivity index (χ3v) is 4.39. The van der Waals surface area contributed by atoms with Crippen LogP contribution in [0.5, 0.6) is 0 Å². The quantitative estimate of drug-likeness (QED) is 0.449. The van der Waals surface area contributed by atoms with Gasteiger partial charge in [0.1, 0.15) is 10.0 Å². The van der Waals surface area contributed by atoms with Crippen LogP contribution in [0.3, 0.4) is 0 Å². The highest BCUT2D eigenvalue weighted by Gasteiger charge is 2.49. The Morgan fingerprint density at radius 2 is 2.31 bits per heavy atom. The van der Waals surface area contributed by atoms with Gasteiger partial charge in [-0.2, -0.15) is 0 Å². The van der Waals surface area contributed by atoms with Gasteiger partial charge in [-0.1, -0.05) is 29.5 Å². The predicted molar refractivity (Wildman–Crippen MR) is 67.3 cm³/mol. The van der Waals surface area contributed by atoms with E-state index in [1.807, 2.05) is 13.8 Å². The van der Waals surface area contributed by atoms with Crippen LogP contribution in [-0.4, -0.2) is 27.6 Å². The molecule has 16 heavy (non-hydrogen) atoms. The number of ether oxygens (including phenoxy) is 2. The van der Waals surface area contributed by atoms with Gasteiger partial charge in [0.15, 0.2) is 5.60 Å². The summed E-state index contributed by atoms with van der Waals surface area (Å²) in [4.78, 5) is 23.2. The number of cyclic esters (lactones) is 1. The molecule has 0 bridgehead atoms. The van der Waals surface area contributed by atoms with Gasteiger partial charge in [-0.25, -0.2) is 0 Å². The number of hydrogen-bond acceptors (Lipinski definition) is 4. The minimum absolute atomic E-state index is 0.148. The summed E-state index contributed by atoms with van der Waals surface area (Å²) in [5.41, 5.74) is -0.824. The summed E-state index contributed by atoms with van der Waals surface area (Å²) >= 11 is 2.07. The highest BCUT2D eigenvalue weighted by atomic mass is 127. The third kappa shape index (κ3) is 2.49. The van der Waals surface area contributed by atoms with Gasteiger partial charge in [0.2, 0.25) is 0 Å². The number of esters is 2. The maximum absolute atomic E-state index is 11.9. The van der Waals surface area contributed by atoms with Crippen LogP contribution in [0.25, 0.3) is 0 Å². The largest absolute Gasteiger partial charge is 0.461 e. The first-order valence-corrected chi connectivity index (χ1v) is 6.40. The number of alkyl halides is 1. The standard InChI is InChI=1S/C11H17IO4/c1-5-10(3,12)9(14)16-11(4)6-15-8(13)7(11)2/h7H,5-6H2,1-4H3. The van der Waals surface area contributed by atoms with Gasteiger partial charge in [0.25, 0.3) is 0 Å². The number of hydrogen-bond donors (Lipinski definition) is 0. The molecule has 0 N–H and O–H groups in total. The fourth-order valence-corrected chi connectivity index (χ4v) is 1.40. The highest BCUT2D eigenvalue weighted by Crippen LogP contribution is 2.33. The number of carbonyl (C=O) groups excluding carboxylic acids is 2. The second kappa shape index (κ2) is 4.50. The molecule has 3 unspecified atom stereocenters. The van der Waals surface area contributed by atoms with Crippen molar-refractivity contribution >= 4 is 34.5 Å². The molecule has 1 fully saturated rings. The maximum atomic E-state index is 11.9. The van der Waals surface area contributed by atoms with Crippen LogP contribution >= 0.6 is 22.6 Å². The van der Waals surface area contributed by atoms with Gasteiger partial charge < -0.3 is 9.47 Å². The average Bonchev–Trinajstić information content (AvgIpc) is 2.46. The van der Waals surface area contributed by atoms with E-state index >= 15 is 0 Å². The number of rotatable bonds is 3. The van der Waals surface area contributed by atoms with Crippen LogP contribution < -0.4 is 0 Å². The molecule has 92 valence electrons. The summed E-state index contributed by atoms with van der Waals surface area (Å²) in [5, 5.41) is 0. The Labute approximate surface area is 109 Å². The summed E-state index contributed by atoms with van der Waals surface area (Å²) in [5.74, 6) is -0.995. The van der Waals surface area contributed by atoms with E-state index in [1.54, 1.807) is 13.8 Å². The molecule has 1 rings (SSSR count). The smallest absolute Gasteiger partial charge is 0.322 e. The van der Waals surface area contributed by atoms with Crippen LogP contribution in [0, 0.1) is 5.92 Å². The van der Waals surface area contributed by atoms with Crippen LogP contribution in [-0.2, 0) is 19.1 Å². The Morgan fingerprint density at radius 3 is 2.69 bits per heavy atom. The molecule has 0 aromatic carbocycles. The SMILES string of the molecule is CCC(C)(I)C(=O)OC1(C)COC(=O)C1C. The topological polar surface area (TPSA) is 52.6 Å². The fourth-order valence-electron chi connectivity index (χ4n) is 1.29. The van der Waals surface area contributed by atoms with Crippen molar-refractivity contribution in [1.82, 2.24) is 0 Å². The summed E-state index contributed by atoms with van der Waals surface area (Å²) < 4.78 is 9.80. The van der Waals surface area contributed by atoms with Crippen molar-refractivity contribution in [3.8, 4) is 0 Å². The molecular formula is C11H17IO4. The zero-order chi connectivity index (χ0) is 12.6. The Balaban J connectivity index is 2.75. The van der Waals surface area contributed by atoms with Crippen molar-refractivity contribution < 1.29 is 19.1 Å². The van der Waals surface area contributed by atoms with Crippen LogP contribution in [0.15, 0.2) is 0 Å². The molecule has 0 spiro atoms. The zero-order valence-corrected chi connectivity index (χ0v) is 12.2. The molecule has 4 nitrogen and oxygen atoms in total. The molecule has 0 saturated carbocycles. The Hall–Kier alpha value is -0.330. The van der Waals surface area contributed by atoms with Crippen LogP contribution in [0.4, 0.5) is 0 Å². The van der Waals surface area contributed by atoms with Crippen LogP contribution in [0.1, 0.15) is 34.1 Å². The van der Waals surface area contributed by atoms with Gasteiger partial charge >= 0.3 is 11.9 Å². The molecule has 3 atom stereocenters. The predicted octanol–water partition coefficient (Wildman–Crippen LogP) is 2.08. The summed E-state index contributed by atoms with van der Waals surface area (Å²) in [6.07, 6.45) is 0.686. The van der Waals surface area contributed by atoms with Crippen molar-refractivity contribution in [3.63, 3.8) is 0 Å². The van der Waals surface area contributed by atoms with Gasteiger partial charge in [-0.15, -0.1) is 0 Å². The average molecular weight is 340 g/mol. The highest BCUT2D eigenvalue weighted by molar-refractivity contribution is 14.1. The minimum atomic E-state index is -0.824. The van der Waals surface area contributed by atoms with Crippen molar-refractivity contribution in [2.24, 2.45) is 5.92 Å². The van der Waals surface area contributed by atoms with E-state index in [0.29, 0.717) is 6.42 Å². The van der Waals surface area contributed by atoms with E-state index in [2.05, 4.69) is 22.6 Å². The Bertz CT molecular complexity index is 313. The van der Waals surface area contributed by atoms with Crippen molar-refractivity contribution in [2.45, 2.75) is 43.1 Å². The van der Waals surface area contributed by atoms with E-state index in [4.69, 9.17) is 9.47 Å². The molecular weight excluding hydrogens is 323 g/mol. The van der Waals surface area contributed by atoms with Crippen molar-refractivity contribution in [3.05, 3.63) is 0 Å². The van der Waals surface area contributed by atoms with Gasteiger partial charge in [0.05, 0.1) is 5.92 Å². The summed E-state index contributed by atoms with van der Waals surface area (Å²) in [6.45, 7) is 7.36. The zero-order valence-electron chi connectivity index (χ0n) is 10.0. The number of carbonyl (C=O) groups is 2. The van der Waals surface area contributed by atoms with Gasteiger partial charge in [0, 0.05) is 0 Å². The van der Waals surface area contributed by atoms with E-state index in [9.17, 15) is 9.59 Å². The molecule has 5 heteroatoms. The first-order chi connectivity index (χ1) is 7.23. The second-order valence-corrected chi connectivity index (χ2v) is 6.96. The lowest BCUT2D eigenvalue weighted by atomic mass is 9.94. The number of halogens is 1. The molecule has 1 aliphatic rings. The monoisotopic (exact) mass is 340 g/mol. The van der Waals surface area contributed by atoms with E-state index in [1.165, 1.54) is 0 Å². The van der Waals surface area contributed by atoms with Crippen molar-refractivity contribution in [1.29, 1.82) is 0 Å². The molecule has 1 heterocycles. The molecule has 1 aliphatic heterocycles. The molecule has 1 saturated heterocycles. The fraction of sp³-hybridized carbons (Fsp3) is 0.818. The first-order valence-electron chi connectivity index (χ1n) is 5.32. The first kappa shape index (κ1) is 13.7. The normalized spacial score (nSPS) is 33.1. The second-order valence-electron chi connectivity index (χ2n) is 4.58. The van der Waals surface area contributed by atoms with Gasteiger partial charge in [-0.3, -0.25) is 9.59 Å². The lowest BCUT2D eigenvalue weighted by molar-refractivity contribution is -0.163. The van der Waals surface area contributed by atoms with Crippen LogP contribution in [0.2, 0.25) is 0 Å². The summed E-state index contributed by atoms with van der Waals surface area (Å²) in [6, 6.07) is 0. The molecule has 0 aromatic rings. The minimum Gasteiger partial charge on any atom is -0.461 e. The van der Waals surface area contributed by atoms with E-state index in [-0.39, 0.29) is 18.5 Å². The van der Waals surface area contributed by atoms with Gasteiger partial charge in [-0.05, 0) is 27.2 Å². The van der Waals surface area contributed by atoms with E-state index < -0.39 is 14.9 Å². The molecule has 0 radical (unpaired) electrons.